The third-order valence-electron chi connectivity index (χ3n) is 3.75. The van der Waals surface area contributed by atoms with Gasteiger partial charge in [0.2, 0.25) is 5.91 Å². The molecule has 0 aliphatic carbocycles. The third-order valence-corrected chi connectivity index (χ3v) is 3.75. The van der Waals surface area contributed by atoms with E-state index in [9.17, 15) is 14.4 Å². The second-order valence-electron chi connectivity index (χ2n) is 5.21. The van der Waals surface area contributed by atoms with Gasteiger partial charge < -0.3 is 21.1 Å². The molecule has 0 spiro atoms. The number of nitrogens with zero attached hydrogens (tertiary/aromatic N) is 1. The van der Waals surface area contributed by atoms with E-state index < -0.39 is 5.91 Å². The summed E-state index contributed by atoms with van der Waals surface area (Å²) in [7, 11) is 0. The predicted octanol–water partition coefficient (Wildman–Crippen LogP) is -0.112. The highest BCUT2D eigenvalue weighted by atomic mass is 16.5. The van der Waals surface area contributed by atoms with Crippen molar-refractivity contribution in [1.82, 2.24) is 4.90 Å². The SMILES string of the molecule is NC(=O)c1ccccc1OCC(=O)N1CCC(C(N)=O)CC1. The monoisotopic (exact) mass is 305 g/mol. The molecule has 1 aromatic carbocycles. The van der Waals surface area contributed by atoms with Crippen LogP contribution in [-0.2, 0) is 9.59 Å². The van der Waals surface area contributed by atoms with E-state index in [0.717, 1.165) is 0 Å². The standard InChI is InChI=1S/C15H19N3O4/c16-14(20)10-5-7-18(8-6-10)13(19)9-22-12-4-2-1-3-11(12)15(17)21/h1-4,10H,5-9H2,(H2,16,20)(H2,17,21). The van der Waals surface area contributed by atoms with E-state index in [2.05, 4.69) is 0 Å². The molecule has 1 fully saturated rings. The smallest absolute Gasteiger partial charge is 0.260 e. The average molecular weight is 305 g/mol. The van der Waals surface area contributed by atoms with Gasteiger partial charge in [-0.2, -0.15) is 0 Å². The maximum atomic E-state index is 12.1. The fourth-order valence-electron chi connectivity index (χ4n) is 2.44. The van der Waals surface area contributed by atoms with Gasteiger partial charge in [0.15, 0.2) is 6.61 Å². The summed E-state index contributed by atoms with van der Waals surface area (Å²) in [5.41, 5.74) is 10.7. The minimum Gasteiger partial charge on any atom is -0.483 e. The molecule has 0 atom stereocenters. The quantitative estimate of drug-likeness (QED) is 0.789. The number of benzene rings is 1. The normalized spacial score (nSPS) is 15.4. The molecule has 0 bridgehead atoms. The zero-order chi connectivity index (χ0) is 16.1. The number of carbonyl (C=O) groups is 3. The predicted molar refractivity (Wildman–Crippen MR) is 79.0 cm³/mol. The molecule has 2 rings (SSSR count). The van der Waals surface area contributed by atoms with E-state index in [-0.39, 0.29) is 35.7 Å². The molecule has 0 unspecified atom stereocenters. The van der Waals surface area contributed by atoms with Gasteiger partial charge in [-0.15, -0.1) is 0 Å². The maximum absolute atomic E-state index is 12.1. The van der Waals surface area contributed by atoms with Crippen LogP contribution in [0.1, 0.15) is 23.2 Å². The molecular weight excluding hydrogens is 286 g/mol. The second-order valence-corrected chi connectivity index (χ2v) is 5.21. The number of rotatable bonds is 5. The summed E-state index contributed by atoms with van der Waals surface area (Å²) in [6.45, 7) is 0.784. The van der Waals surface area contributed by atoms with Crippen LogP contribution >= 0.6 is 0 Å². The summed E-state index contributed by atoms with van der Waals surface area (Å²) in [4.78, 5) is 36.1. The Hall–Kier alpha value is -2.57. The molecule has 1 aromatic rings. The Bertz CT molecular complexity index is 580. The highest BCUT2D eigenvalue weighted by Crippen LogP contribution is 2.19. The molecular formula is C15H19N3O4. The lowest BCUT2D eigenvalue weighted by Gasteiger charge is -2.30. The molecule has 4 N–H and O–H groups in total. The number of amides is 3. The molecule has 0 radical (unpaired) electrons. The number of para-hydroxylation sites is 1. The van der Waals surface area contributed by atoms with E-state index in [1.807, 2.05) is 0 Å². The minimum atomic E-state index is -0.606. The summed E-state index contributed by atoms with van der Waals surface area (Å²) < 4.78 is 5.40. The van der Waals surface area contributed by atoms with Crippen LogP contribution in [-0.4, -0.2) is 42.3 Å². The van der Waals surface area contributed by atoms with Crippen LogP contribution in [0.4, 0.5) is 0 Å². The first kappa shape index (κ1) is 15.8. The van der Waals surface area contributed by atoms with Crippen molar-refractivity contribution >= 4 is 17.7 Å². The van der Waals surface area contributed by atoms with Crippen LogP contribution in [0.2, 0.25) is 0 Å². The second kappa shape index (κ2) is 6.93. The lowest BCUT2D eigenvalue weighted by molar-refractivity contribution is -0.136. The molecule has 7 nitrogen and oxygen atoms in total. The van der Waals surface area contributed by atoms with Gasteiger partial charge in [0.1, 0.15) is 5.75 Å². The lowest BCUT2D eigenvalue weighted by Crippen LogP contribution is -2.43. The molecule has 1 aliphatic heterocycles. The summed E-state index contributed by atoms with van der Waals surface area (Å²) in [5, 5.41) is 0. The van der Waals surface area contributed by atoms with E-state index in [4.69, 9.17) is 16.2 Å². The summed E-state index contributed by atoms with van der Waals surface area (Å²) >= 11 is 0. The Labute approximate surface area is 128 Å². The summed E-state index contributed by atoms with van der Waals surface area (Å²) in [6.07, 6.45) is 1.14. The van der Waals surface area contributed by atoms with Crippen LogP contribution < -0.4 is 16.2 Å². The van der Waals surface area contributed by atoms with Gasteiger partial charge in [-0.3, -0.25) is 14.4 Å². The van der Waals surface area contributed by atoms with E-state index in [0.29, 0.717) is 25.9 Å². The van der Waals surface area contributed by atoms with Crippen LogP contribution in [0, 0.1) is 5.92 Å². The molecule has 7 heteroatoms. The Kier molecular flexibility index (Phi) is 4.98. The number of piperidine rings is 1. The van der Waals surface area contributed by atoms with Crippen molar-refractivity contribution < 1.29 is 19.1 Å². The van der Waals surface area contributed by atoms with Crippen molar-refractivity contribution in [3.8, 4) is 5.75 Å². The summed E-state index contributed by atoms with van der Waals surface area (Å²) in [5.74, 6) is -0.998. The first-order valence-electron chi connectivity index (χ1n) is 7.07. The number of likely N-dealkylation sites (tertiary alicyclic amines) is 1. The molecule has 1 aliphatic rings. The first-order chi connectivity index (χ1) is 10.5. The van der Waals surface area contributed by atoms with Crippen LogP contribution in [0.3, 0.4) is 0 Å². The van der Waals surface area contributed by atoms with Gasteiger partial charge >= 0.3 is 0 Å². The minimum absolute atomic E-state index is 0.166. The Morgan fingerprint density at radius 3 is 2.36 bits per heavy atom. The highest BCUT2D eigenvalue weighted by Gasteiger charge is 2.26. The number of hydrogen-bond acceptors (Lipinski definition) is 4. The molecule has 22 heavy (non-hydrogen) atoms. The first-order valence-corrected chi connectivity index (χ1v) is 7.07. The fourth-order valence-corrected chi connectivity index (χ4v) is 2.44. The molecule has 0 saturated carbocycles. The average Bonchev–Trinajstić information content (AvgIpc) is 2.52. The Morgan fingerprint density at radius 1 is 1.14 bits per heavy atom. The van der Waals surface area contributed by atoms with Crippen molar-refractivity contribution in [2.45, 2.75) is 12.8 Å². The van der Waals surface area contributed by atoms with Crippen molar-refractivity contribution in [2.75, 3.05) is 19.7 Å². The maximum Gasteiger partial charge on any atom is 0.260 e. The number of hydrogen-bond donors (Lipinski definition) is 2. The molecule has 0 aromatic heterocycles. The lowest BCUT2D eigenvalue weighted by atomic mass is 9.96. The van der Waals surface area contributed by atoms with Crippen molar-refractivity contribution in [3.05, 3.63) is 29.8 Å². The van der Waals surface area contributed by atoms with Gasteiger partial charge in [0, 0.05) is 19.0 Å². The molecule has 1 saturated heterocycles. The Balaban J connectivity index is 1.89. The molecule has 118 valence electrons. The van der Waals surface area contributed by atoms with Gasteiger partial charge in [0.05, 0.1) is 5.56 Å². The van der Waals surface area contributed by atoms with E-state index >= 15 is 0 Å². The number of nitrogens with two attached hydrogens (primary N) is 2. The van der Waals surface area contributed by atoms with Gasteiger partial charge in [-0.05, 0) is 25.0 Å². The van der Waals surface area contributed by atoms with E-state index in [1.54, 1.807) is 29.2 Å². The van der Waals surface area contributed by atoms with Gasteiger partial charge in [-0.1, -0.05) is 12.1 Å². The molecule has 1 heterocycles. The fraction of sp³-hybridized carbons (Fsp3) is 0.400. The summed E-state index contributed by atoms with van der Waals surface area (Å²) in [6, 6.07) is 6.50. The molecule has 3 amide bonds. The van der Waals surface area contributed by atoms with Crippen LogP contribution in [0.5, 0.6) is 5.75 Å². The van der Waals surface area contributed by atoms with Gasteiger partial charge in [-0.25, -0.2) is 0 Å². The number of primary amides is 2. The largest absolute Gasteiger partial charge is 0.483 e. The van der Waals surface area contributed by atoms with Crippen LogP contribution in [0.25, 0.3) is 0 Å². The van der Waals surface area contributed by atoms with E-state index in [1.165, 1.54) is 0 Å². The van der Waals surface area contributed by atoms with Crippen molar-refractivity contribution in [1.29, 1.82) is 0 Å². The van der Waals surface area contributed by atoms with Crippen LogP contribution in [0.15, 0.2) is 24.3 Å². The van der Waals surface area contributed by atoms with Gasteiger partial charge in [0.25, 0.3) is 11.8 Å². The third kappa shape index (κ3) is 3.75. The zero-order valence-corrected chi connectivity index (χ0v) is 12.2. The highest BCUT2D eigenvalue weighted by molar-refractivity contribution is 5.95. The topological polar surface area (TPSA) is 116 Å². The number of ether oxygens (including phenoxy) is 1. The zero-order valence-electron chi connectivity index (χ0n) is 12.2. The Morgan fingerprint density at radius 2 is 1.77 bits per heavy atom. The van der Waals surface area contributed by atoms with Crippen molar-refractivity contribution in [3.63, 3.8) is 0 Å². The van der Waals surface area contributed by atoms with Crippen molar-refractivity contribution in [2.24, 2.45) is 17.4 Å². The number of carbonyl (C=O) groups excluding carboxylic acids is 3.